The number of rotatable bonds is 5. The number of pyridine rings is 1. The maximum Gasteiger partial charge on any atom is 0.142 e. The molecule has 1 fully saturated rings. The number of aromatic nitrogens is 1. The number of amidine groups is 1. The van der Waals surface area contributed by atoms with E-state index in [1.807, 2.05) is 19.2 Å². The van der Waals surface area contributed by atoms with Gasteiger partial charge in [0, 0.05) is 19.3 Å². The van der Waals surface area contributed by atoms with Gasteiger partial charge in [0.2, 0.25) is 0 Å². The number of hydrogen-bond donors (Lipinski definition) is 3. The summed E-state index contributed by atoms with van der Waals surface area (Å²) in [6.45, 7) is 1.69. The van der Waals surface area contributed by atoms with E-state index in [9.17, 15) is 5.11 Å². The van der Waals surface area contributed by atoms with E-state index in [2.05, 4.69) is 9.88 Å². The average Bonchev–Trinajstić information content (AvgIpc) is 2.27. The number of hydrogen-bond acceptors (Lipinski definition) is 4. The molecule has 0 amide bonds. The summed E-state index contributed by atoms with van der Waals surface area (Å²) in [5.74, 6) is 0.598. The second-order valence-electron chi connectivity index (χ2n) is 5.11. The first-order chi connectivity index (χ1) is 8.56. The molecule has 1 aromatic rings. The molecule has 5 nitrogen and oxygen atoms in total. The second-order valence-corrected chi connectivity index (χ2v) is 5.11. The van der Waals surface area contributed by atoms with E-state index in [0.717, 1.165) is 31.5 Å². The van der Waals surface area contributed by atoms with Crippen molar-refractivity contribution in [1.29, 1.82) is 5.41 Å². The van der Waals surface area contributed by atoms with Crippen molar-refractivity contribution in [3.05, 3.63) is 29.6 Å². The molecule has 4 N–H and O–H groups in total. The molecule has 0 bridgehead atoms. The first kappa shape index (κ1) is 13.0. The van der Waals surface area contributed by atoms with Crippen molar-refractivity contribution >= 4 is 5.84 Å². The number of nitrogens with one attached hydrogen (secondary N) is 1. The summed E-state index contributed by atoms with van der Waals surface area (Å²) >= 11 is 0. The van der Waals surface area contributed by atoms with Crippen LogP contribution in [0.25, 0.3) is 0 Å². The highest BCUT2D eigenvalue weighted by atomic mass is 16.3. The van der Waals surface area contributed by atoms with Gasteiger partial charge in [-0.2, -0.15) is 0 Å². The minimum atomic E-state index is -0.102. The molecule has 0 spiro atoms. The van der Waals surface area contributed by atoms with Gasteiger partial charge in [0.05, 0.1) is 6.10 Å². The summed E-state index contributed by atoms with van der Waals surface area (Å²) in [6.07, 6.45) is 3.35. The summed E-state index contributed by atoms with van der Waals surface area (Å²) in [5, 5.41) is 16.8. The topological polar surface area (TPSA) is 86.2 Å². The van der Waals surface area contributed by atoms with Gasteiger partial charge in [0.25, 0.3) is 0 Å². The van der Waals surface area contributed by atoms with Crippen molar-refractivity contribution in [3.63, 3.8) is 0 Å². The largest absolute Gasteiger partial charge is 0.393 e. The highest BCUT2D eigenvalue weighted by Gasteiger charge is 2.27. The maximum absolute atomic E-state index is 9.26. The van der Waals surface area contributed by atoms with Gasteiger partial charge in [-0.05, 0) is 37.4 Å². The van der Waals surface area contributed by atoms with Gasteiger partial charge in [-0.1, -0.05) is 6.07 Å². The Morgan fingerprint density at radius 1 is 1.61 bits per heavy atom. The fourth-order valence-corrected chi connectivity index (χ4v) is 2.45. The molecule has 1 aromatic heterocycles. The molecule has 0 aliphatic heterocycles. The first-order valence-electron chi connectivity index (χ1n) is 6.21. The lowest BCUT2D eigenvalue weighted by molar-refractivity contribution is 0.0273. The normalized spacial score (nSPS) is 22.8. The van der Waals surface area contributed by atoms with Crippen LogP contribution in [0.15, 0.2) is 18.3 Å². The lowest BCUT2D eigenvalue weighted by atomic mass is 9.82. The smallest absolute Gasteiger partial charge is 0.142 e. The Balaban J connectivity index is 1.94. The third kappa shape index (κ3) is 3.05. The number of aliphatic hydroxyl groups is 1. The molecule has 5 heteroatoms. The second kappa shape index (κ2) is 5.46. The third-order valence-electron chi connectivity index (χ3n) is 3.37. The van der Waals surface area contributed by atoms with Crippen LogP contribution >= 0.6 is 0 Å². The van der Waals surface area contributed by atoms with Crippen molar-refractivity contribution in [2.45, 2.75) is 25.5 Å². The predicted octanol–water partition coefficient (Wildman–Crippen LogP) is 0.568. The standard InChI is InChI=1S/C13H20N4O/c1-17(7-9-5-11(18)6-9)8-10-3-2-4-16-12(10)13(14)15/h2-4,9,11,18H,5-8H2,1H3,(H3,14,15). The van der Waals surface area contributed by atoms with Crippen LogP contribution in [-0.4, -0.2) is 40.5 Å². The maximum atomic E-state index is 9.26. The Labute approximate surface area is 107 Å². The Hall–Kier alpha value is -1.46. The minimum Gasteiger partial charge on any atom is -0.393 e. The number of nitrogens with zero attached hydrogens (tertiary/aromatic N) is 2. The van der Waals surface area contributed by atoms with E-state index in [0.29, 0.717) is 11.6 Å². The number of nitrogens with two attached hydrogens (primary N) is 1. The van der Waals surface area contributed by atoms with Crippen molar-refractivity contribution in [2.24, 2.45) is 11.7 Å². The molecule has 0 aromatic carbocycles. The van der Waals surface area contributed by atoms with E-state index < -0.39 is 0 Å². The highest BCUT2D eigenvalue weighted by Crippen LogP contribution is 2.27. The van der Waals surface area contributed by atoms with Gasteiger partial charge in [0.1, 0.15) is 11.5 Å². The molecular weight excluding hydrogens is 228 g/mol. The van der Waals surface area contributed by atoms with E-state index in [4.69, 9.17) is 11.1 Å². The monoisotopic (exact) mass is 248 g/mol. The molecule has 0 saturated heterocycles. The summed E-state index contributed by atoms with van der Waals surface area (Å²) < 4.78 is 0. The summed E-state index contributed by atoms with van der Waals surface area (Å²) in [7, 11) is 2.04. The third-order valence-corrected chi connectivity index (χ3v) is 3.37. The van der Waals surface area contributed by atoms with E-state index in [1.165, 1.54) is 0 Å². The van der Waals surface area contributed by atoms with Crippen LogP contribution in [0.4, 0.5) is 0 Å². The molecule has 1 aliphatic carbocycles. The quantitative estimate of drug-likeness (QED) is 0.525. The van der Waals surface area contributed by atoms with E-state index >= 15 is 0 Å². The fraction of sp³-hybridized carbons (Fsp3) is 0.538. The molecule has 1 heterocycles. The molecule has 2 rings (SSSR count). The number of aliphatic hydroxyl groups excluding tert-OH is 1. The lowest BCUT2D eigenvalue weighted by Gasteiger charge is -2.34. The summed E-state index contributed by atoms with van der Waals surface area (Å²) in [5.41, 5.74) is 7.06. The van der Waals surface area contributed by atoms with Crippen LogP contribution in [0.3, 0.4) is 0 Å². The SMILES string of the molecule is CN(Cc1cccnc1C(=N)N)CC1CC(O)C1. The Morgan fingerprint density at radius 2 is 2.33 bits per heavy atom. The van der Waals surface area contributed by atoms with Crippen LogP contribution in [0.1, 0.15) is 24.1 Å². The van der Waals surface area contributed by atoms with Crippen LogP contribution in [0.5, 0.6) is 0 Å². The van der Waals surface area contributed by atoms with Crippen LogP contribution in [-0.2, 0) is 6.54 Å². The van der Waals surface area contributed by atoms with Crippen molar-refractivity contribution in [1.82, 2.24) is 9.88 Å². The lowest BCUT2D eigenvalue weighted by Crippen LogP contribution is -2.37. The van der Waals surface area contributed by atoms with Gasteiger partial charge in [-0.3, -0.25) is 10.4 Å². The number of nitrogen functional groups attached to an aromatic ring is 1. The minimum absolute atomic E-state index is 0.0121. The Kier molecular flexibility index (Phi) is 3.93. The Morgan fingerprint density at radius 3 is 2.94 bits per heavy atom. The summed E-state index contributed by atoms with van der Waals surface area (Å²) in [6, 6.07) is 3.82. The molecule has 1 aliphatic rings. The predicted molar refractivity (Wildman–Crippen MR) is 70.3 cm³/mol. The van der Waals surface area contributed by atoms with Gasteiger partial charge in [0.15, 0.2) is 0 Å². The first-order valence-corrected chi connectivity index (χ1v) is 6.21. The van der Waals surface area contributed by atoms with Crippen molar-refractivity contribution in [2.75, 3.05) is 13.6 Å². The van der Waals surface area contributed by atoms with Crippen LogP contribution in [0, 0.1) is 11.3 Å². The fourth-order valence-electron chi connectivity index (χ4n) is 2.45. The molecular formula is C13H20N4O. The van der Waals surface area contributed by atoms with E-state index in [-0.39, 0.29) is 11.9 Å². The van der Waals surface area contributed by atoms with Crippen LogP contribution < -0.4 is 5.73 Å². The molecule has 0 atom stereocenters. The van der Waals surface area contributed by atoms with Gasteiger partial charge in [-0.15, -0.1) is 0 Å². The molecule has 0 unspecified atom stereocenters. The van der Waals surface area contributed by atoms with Gasteiger partial charge < -0.3 is 15.7 Å². The van der Waals surface area contributed by atoms with Crippen molar-refractivity contribution in [3.8, 4) is 0 Å². The zero-order valence-corrected chi connectivity index (χ0v) is 10.6. The highest BCUT2D eigenvalue weighted by molar-refractivity contribution is 5.94. The summed E-state index contributed by atoms with van der Waals surface area (Å²) in [4.78, 5) is 6.33. The molecule has 1 saturated carbocycles. The van der Waals surface area contributed by atoms with Gasteiger partial charge >= 0.3 is 0 Å². The van der Waals surface area contributed by atoms with Gasteiger partial charge in [-0.25, -0.2) is 0 Å². The Bertz CT molecular complexity index is 429. The van der Waals surface area contributed by atoms with Crippen LogP contribution in [0.2, 0.25) is 0 Å². The zero-order valence-electron chi connectivity index (χ0n) is 10.6. The average molecular weight is 248 g/mol. The zero-order chi connectivity index (χ0) is 13.1. The molecule has 98 valence electrons. The molecule has 0 radical (unpaired) electrons. The van der Waals surface area contributed by atoms with Crippen molar-refractivity contribution < 1.29 is 5.11 Å². The molecule has 18 heavy (non-hydrogen) atoms. The van der Waals surface area contributed by atoms with E-state index in [1.54, 1.807) is 6.20 Å².